The normalized spacial score (nSPS) is 39.6. The summed E-state index contributed by atoms with van der Waals surface area (Å²) in [5.41, 5.74) is 0.245. The van der Waals surface area contributed by atoms with Crippen LogP contribution in [0.15, 0.2) is 23.1 Å². The van der Waals surface area contributed by atoms with Gasteiger partial charge in [-0.2, -0.15) is 0 Å². The molecule has 3 N–H and O–H groups in total. The number of hydrogen-bond donors (Lipinski definition) is 3. The Balaban J connectivity index is 1.21. The monoisotopic (exact) mass is 623 g/mol. The summed E-state index contributed by atoms with van der Waals surface area (Å²) in [5, 5.41) is 22.4. The number of halogens is 1. The van der Waals surface area contributed by atoms with Crippen LogP contribution in [0.3, 0.4) is 0 Å². The zero-order valence-electron chi connectivity index (χ0n) is 26.2. The lowest BCUT2D eigenvalue weighted by Crippen LogP contribution is -2.62. The summed E-state index contributed by atoms with van der Waals surface area (Å²) in [6, 6.07) is 3.15. The molecule has 5 rings (SSSR count). The fraction of sp³-hybridized carbons (Fsp3) is 0.788. The Morgan fingerprint density at radius 3 is 2.47 bits per heavy atom. The number of aliphatic hydroxyl groups excluding tert-OH is 2. The largest absolute Gasteiger partial charge is 0.494 e. The van der Waals surface area contributed by atoms with Crippen LogP contribution in [0.2, 0.25) is 0 Å². The van der Waals surface area contributed by atoms with Crippen LogP contribution in [-0.2, 0) is 14.8 Å². The van der Waals surface area contributed by atoms with Crippen LogP contribution in [-0.4, -0.2) is 50.6 Å². The lowest BCUT2D eigenvalue weighted by molar-refractivity contribution is -0.203. The number of hydrogen-bond acceptors (Lipinski definition) is 7. The Hall–Kier alpha value is -1.91. The second-order valence-corrected chi connectivity index (χ2v) is 16.1. The summed E-state index contributed by atoms with van der Waals surface area (Å²) in [5.74, 6) is 1.50. The van der Waals surface area contributed by atoms with E-state index >= 15 is 0 Å². The zero-order chi connectivity index (χ0) is 31.3. The molecular weight excluding hydrogens is 573 g/mol. The van der Waals surface area contributed by atoms with Gasteiger partial charge in [0.15, 0.2) is 11.6 Å². The number of rotatable bonds is 8. The quantitative estimate of drug-likeness (QED) is 0.330. The third-order valence-electron chi connectivity index (χ3n) is 12.6. The number of sulfonamides is 1. The van der Waals surface area contributed by atoms with E-state index in [1.807, 2.05) is 4.72 Å². The molecule has 0 heterocycles. The van der Waals surface area contributed by atoms with Crippen molar-refractivity contribution in [3.8, 4) is 5.75 Å². The number of nitrogens with one attached hydrogen (secondary N) is 1. The Bertz CT molecular complexity index is 1290. The highest BCUT2D eigenvalue weighted by Crippen LogP contribution is 2.69. The molecule has 43 heavy (non-hydrogen) atoms. The van der Waals surface area contributed by atoms with Crippen molar-refractivity contribution in [1.29, 1.82) is 0 Å². The first kappa shape index (κ1) is 32.5. The second kappa shape index (κ2) is 12.1. The number of carbonyl (C=O) groups excluding carboxylic acids is 1. The molecule has 0 bridgehead atoms. The molecule has 0 unspecified atom stereocenters. The topological polar surface area (TPSA) is 122 Å². The number of benzene rings is 1. The minimum absolute atomic E-state index is 0.0748. The second-order valence-electron chi connectivity index (χ2n) is 14.4. The average molecular weight is 624 g/mol. The number of carbonyl (C=O) groups is 1. The van der Waals surface area contributed by atoms with Crippen molar-refractivity contribution in [3.05, 3.63) is 24.0 Å². The van der Waals surface area contributed by atoms with Crippen LogP contribution >= 0.6 is 0 Å². The van der Waals surface area contributed by atoms with Crippen LogP contribution in [0.1, 0.15) is 85.5 Å². The van der Waals surface area contributed by atoms with E-state index in [2.05, 4.69) is 27.7 Å². The predicted octanol–water partition coefficient (Wildman–Crippen LogP) is 5.90. The van der Waals surface area contributed by atoms with Gasteiger partial charge in [-0.15, -0.1) is 0 Å². The van der Waals surface area contributed by atoms with Crippen molar-refractivity contribution in [2.45, 2.75) is 103 Å². The van der Waals surface area contributed by atoms with Gasteiger partial charge in [-0.25, -0.2) is 22.3 Å². The van der Waals surface area contributed by atoms with Crippen LogP contribution in [0.25, 0.3) is 0 Å². The van der Waals surface area contributed by atoms with E-state index < -0.39 is 26.8 Å². The van der Waals surface area contributed by atoms with Gasteiger partial charge >= 0.3 is 6.09 Å². The molecule has 4 saturated carbocycles. The summed E-state index contributed by atoms with van der Waals surface area (Å²) in [7, 11) is -3.02. The van der Waals surface area contributed by atoms with Crippen molar-refractivity contribution in [3.63, 3.8) is 0 Å². The molecule has 1 aromatic carbocycles. The van der Waals surface area contributed by atoms with E-state index in [1.54, 1.807) is 0 Å². The van der Waals surface area contributed by atoms with Crippen LogP contribution in [0.4, 0.5) is 9.18 Å². The van der Waals surface area contributed by atoms with Gasteiger partial charge in [-0.1, -0.05) is 34.1 Å². The fourth-order valence-electron chi connectivity index (χ4n) is 10.5. The van der Waals surface area contributed by atoms with Gasteiger partial charge in [-0.05, 0) is 122 Å². The molecule has 11 atom stereocenters. The lowest BCUT2D eigenvalue weighted by atomic mass is 9.41. The molecule has 0 spiro atoms. The third kappa shape index (κ3) is 5.69. The summed E-state index contributed by atoms with van der Waals surface area (Å²) in [6.07, 6.45) is 6.91. The summed E-state index contributed by atoms with van der Waals surface area (Å²) in [6.45, 7) is 9.30. The van der Waals surface area contributed by atoms with E-state index in [4.69, 9.17) is 9.47 Å². The maximum absolute atomic E-state index is 14.0. The molecule has 1 aromatic rings. The maximum Gasteiger partial charge on any atom is 0.421 e. The Morgan fingerprint density at radius 1 is 1.09 bits per heavy atom. The van der Waals surface area contributed by atoms with Crippen molar-refractivity contribution in [2.24, 2.45) is 52.3 Å². The Labute approximate surface area is 256 Å². The first-order chi connectivity index (χ1) is 20.3. The number of aliphatic hydroxyl groups is 2. The molecule has 0 radical (unpaired) electrons. The summed E-state index contributed by atoms with van der Waals surface area (Å²) >= 11 is 0. The van der Waals surface area contributed by atoms with Gasteiger partial charge in [0.2, 0.25) is 0 Å². The Kier molecular flexibility index (Phi) is 9.16. The van der Waals surface area contributed by atoms with E-state index in [0.717, 1.165) is 63.5 Å². The van der Waals surface area contributed by atoms with E-state index in [0.29, 0.717) is 30.1 Å². The minimum Gasteiger partial charge on any atom is -0.494 e. The van der Waals surface area contributed by atoms with Gasteiger partial charge in [0.1, 0.15) is 0 Å². The van der Waals surface area contributed by atoms with Gasteiger partial charge in [-0.3, -0.25) is 0 Å². The molecule has 4 fully saturated rings. The molecule has 4 aliphatic carbocycles. The molecule has 4 aliphatic rings. The lowest BCUT2D eigenvalue weighted by Gasteiger charge is -2.64. The summed E-state index contributed by atoms with van der Waals surface area (Å²) in [4.78, 5) is 12.0. The number of ether oxygens (including phenoxy) is 2. The van der Waals surface area contributed by atoms with Crippen LogP contribution in [0.5, 0.6) is 5.75 Å². The highest BCUT2D eigenvalue weighted by atomic mass is 32.2. The molecule has 1 amide bonds. The molecular formula is C33H50FNO7S. The van der Waals surface area contributed by atoms with Gasteiger partial charge in [0, 0.05) is 0 Å². The first-order valence-electron chi connectivity index (χ1n) is 16.2. The van der Waals surface area contributed by atoms with E-state index in [9.17, 15) is 27.8 Å². The molecule has 10 heteroatoms. The average Bonchev–Trinajstić information content (AvgIpc) is 3.31. The smallest absolute Gasteiger partial charge is 0.421 e. The predicted molar refractivity (Wildman–Crippen MR) is 160 cm³/mol. The minimum atomic E-state index is -4.30. The van der Waals surface area contributed by atoms with Gasteiger partial charge in [0.05, 0.1) is 30.8 Å². The first-order valence-corrected chi connectivity index (χ1v) is 17.6. The van der Waals surface area contributed by atoms with Gasteiger partial charge < -0.3 is 19.7 Å². The van der Waals surface area contributed by atoms with E-state index in [1.165, 1.54) is 13.2 Å². The Morgan fingerprint density at radius 2 is 1.79 bits per heavy atom. The van der Waals surface area contributed by atoms with Crippen molar-refractivity contribution in [1.82, 2.24) is 4.72 Å². The molecule has 0 aliphatic heterocycles. The number of fused-ring (bicyclic) bond motifs is 5. The van der Waals surface area contributed by atoms with Gasteiger partial charge in [0.25, 0.3) is 10.0 Å². The highest BCUT2D eigenvalue weighted by molar-refractivity contribution is 7.90. The van der Waals surface area contributed by atoms with Crippen LogP contribution < -0.4 is 9.46 Å². The van der Waals surface area contributed by atoms with Crippen molar-refractivity contribution < 1.29 is 37.3 Å². The molecule has 242 valence electrons. The summed E-state index contributed by atoms with van der Waals surface area (Å²) < 4.78 is 51.1. The third-order valence-corrected chi connectivity index (χ3v) is 13.9. The molecule has 0 aromatic heterocycles. The standard InChI is InChI=1S/C33H50FNO7S/c1-6-22-26-17-20(36)11-14-33(26,4)25-12-15-32(3)23(8-9-24(32)29(25)30(22)37)19(2)13-16-42-31(38)35-43(39,40)21-7-10-28(41-5)27(34)18-21/h7,10,18-20,22-26,29-30,36-37H,6,8-9,11-17H2,1-5H3,(H,35,38)/t19-,20-,22-,23-,24+,25+,26+,29+,30-,32-,33-/m1/s1. The maximum atomic E-state index is 14.0. The fourth-order valence-corrected chi connectivity index (χ4v) is 11.4. The number of amides is 1. The van der Waals surface area contributed by atoms with Crippen molar-refractivity contribution in [2.75, 3.05) is 13.7 Å². The number of methoxy groups -OCH3 is 1. The van der Waals surface area contributed by atoms with E-state index in [-0.39, 0.29) is 53.1 Å². The highest BCUT2D eigenvalue weighted by Gasteiger charge is 2.64. The SMILES string of the molecule is CC[C@H]1[C@@H](O)[C@@H]2[C@H](CC[C@]3(C)[C@@H]([C@H](C)CCOC(=O)NS(=O)(=O)c4ccc(OC)c(F)c4)CC[C@@H]23)[C@@]2(C)CC[C@@H](O)C[C@@H]12. The molecule has 8 nitrogen and oxygen atoms in total. The molecule has 0 saturated heterocycles. The zero-order valence-corrected chi connectivity index (χ0v) is 27.0. The van der Waals surface area contributed by atoms with Crippen LogP contribution in [0, 0.1) is 58.1 Å². The van der Waals surface area contributed by atoms with Crippen molar-refractivity contribution >= 4 is 16.1 Å².